The predicted octanol–water partition coefficient (Wildman–Crippen LogP) is 5.28. The van der Waals surface area contributed by atoms with Gasteiger partial charge in [-0.05, 0) is 37.5 Å². The lowest BCUT2D eigenvalue weighted by Crippen LogP contribution is -2.15. The predicted molar refractivity (Wildman–Crippen MR) is 112 cm³/mol. The Hall–Kier alpha value is -1.91. The molecule has 0 radical (unpaired) electrons. The average Bonchev–Trinajstić information content (AvgIpc) is 2.99. The monoisotopic (exact) mass is 412 g/mol. The Kier molecular flexibility index (Phi) is 5.40. The van der Waals surface area contributed by atoms with Crippen LogP contribution < -0.4 is 4.80 Å². The van der Waals surface area contributed by atoms with Crippen LogP contribution in [0.2, 0.25) is 0 Å². The molecule has 0 bridgehead atoms. The van der Waals surface area contributed by atoms with Crippen molar-refractivity contribution in [2.24, 2.45) is 4.99 Å². The van der Waals surface area contributed by atoms with E-state index in [4.69, 9.17) is 4.99 Å². The molecule has 0 unspecified atom stereocenters. The Morgan fingerprint density at radius 1 is 1.12 bits per heavy atom. The lowest BCUT2D eigenvalue weighted by molar-refractivity contribution is 0.915. The third-order valence-electron chi connectivity index (χ3n) is 4.44. The molecule has 0 N–H and O–H groups in total. The molecule has 0 aliphatic heterocycles. The van der Waals surface area contributed by atoms with E-state index < -0.39 is 0 Å². The van der Waals surface area contributed by atoms with Crippen LogP contribution >= 0.6 is 28.3 Å². The van der Waals surface area contributed by atoms with Crippen LogP contribution in [-0.2, 0) is 12.8 Å². The van der Waals surface area contributed by atoms with Crippen molar-refractivity contribution in [1.29, 1.82) is 0 Å². The summed E-state index contributed by atoms with van der Waals surface area (Å²) >= 11 is 1.81. The van der Waals surface area contributed by atoms with Gasteiger partial charge in [-0.15, -0.1) is 34.9 Å². The van der Waals surface area contributed by atoms with Gasteiger partial charge in [-0.1, -0.05) is 48.0 Å². The van der Waals surface area contributed by atoms with Crippen LogP contribution in [-0.4, -0.2) is 11.1 Å². The SMILES string of the molecule is Br.C=CCN=c1sc2c(n1-c1ccc(C)cc1)-c1ccccc1CC2. The molecule has 3 aromatic rings. The van der Waals surface area contributed by atoms with Gasteiger partial charge in [0, 0.05) is 16.1 Å². The van der Waals surface area contributed by atoms with Gasteiger partial charge in [0.2, 0.25) is 0 Å². The summed E-state index contributed by atoms with van der Waals surface area (Å²) in [4.78, 5) is 7.25. The summed E-state index contributed by atoms with van der Waals surface area (Å²) in [6, 6.07) is 17.5. The average molecular weight is 413 g/mol. The maximum Gasteiger partial charge on any atom is 0.190 e. The van der Waals surface area contributed by atoms with E-state index in [1.54, 1.807) is 0 Å². The van der Waals surface area contributed by atoms with Crippen LogP contribution in [0.5, 0.6) is 0 Å². The third-order valence-corrected chi connectivity index (χ3v) is 5.57. The molecule has 25 heavy (non-hydrogen) atoms. The van der Waals surface area contributed by atoms with Gasteiger partial charge in [0.1, 0.15) is 0 Å². The van der Waals surface area contributed by atoms with Gasteiger partial charge in [0.15, 0.2) is 4.80 Å². The minimum absolute atomic E-state index is 0. The van der Waals surface area contributed by atoms with Crippen molar-refractivity contribution in [3.63, 3.8) is 0 Å². The zero-order chi connectivity index (χ0) is 16.5. The highest BCUT2D eigenvalue weighted by Crippen LogP contribution is 2.36. The van der Waals surface area contributed by atoms with Crippen LogP contribution in [0.15, 0.2) is 66.2 Å². The minimum atomic E-state index is 0. The Balaban J connectivity index is 0.00000182. The molecule has 2 nitrogen and oxygen atoms in total. The van der Waals surface area contributed by atoms with E-state index in [9.17, 15) is 0 Å². The van der Waals surface area contributed by atoms with Crippen LogP contribution in [0.25, 0.3) is 16.9 Å². The molecule has 1 aliphatic rings. The fraction of sp³-hybridized carbons (Fsp3) is 0.190. The molecule has 0 fully saturated rings. The van der Waals surface area contributed by atoms with Crippen molar-refractivity contribution < 1.29 is 0 Å². The summed E-state index contributed by atoms with van der Waals surface area (Å²) in [5.74, 6) is 0. The largest absolute Gasteiger partial charge is 0.285 e. The Morgan fingerprint density at radius 3 is 2.64 bits per heavy atom. The van der Waals surface area contributed by atoms with Crippen molar-refractivity contribution in [3.05, 3.63) is 82.0 Å². The van der Waals surface area contributed by atoms with Gasteiger partial charge >= 0.3 is 0 Å². The van der Waals surface area contributed by atoms with Crippen LogP contribution in [0.3, 0.4) is 0 Å². The first-order chi connectivity index (χ1) is 11.8. The zero-order valence-corrected chi connectivity index (χ0v) is 16.8. The Bertz CT molecular complexity index is 964. The smallest absolute Gasteiger partial charge is 0.190 e. The number of hydrogen-bond donors (Lipinski definition) is 0. The first-order valence-electron chi connectivity index (χ1n) is 8.29. The first-order valence-corrected chi connectivity index (χ1v) is 9.11. The van der Waals surface area contributed by atoms with Crippen molar-refractivity contribution in [3.8, 4) is 16.9 Å². The van der Waals surface area contributed by atoms with Crippen molar-refractivity contribution >= 4 is 28.3 Å². The normalized spacial score (nSPS) is 12.9. The van der Waals surface area contributed by atoms with E-state index in [0.29, 0.717) is 6.54 Å². The van der Waals surface area contributed by atoms with E-state index in [0.717, 1.165) is 17.6 Å². The fourth-order valence-electron chi connectivity index (χ4n) is 3.26. The highest BCUT2D eigenvalue weighted by Gasteiger charge is 2.22. The van der Waals surface area contributed by atoms with E-state index in [2.05, 4.69) is 66.6 Å². The van der Waals surface area contributed by atoms with Gasteiger partial charge in [0.25, 0.3) is 0 Å². The minimum Gasteiger partial charge on any atom is -0.285 e. The van der Waals surface area contributed by atoms with Gasteiger partial charge in [-0.3, -0.25) is 9.56 Å². The summed E-state index contributed by atoms with van der Waals surface area (Å²) in [5.41, 5.74) is 6.54. The number of aryl methyl sites for hydroxylation is 3. The number of benzene rings is 2. The number of nitrogens with zero attached hydrogens (tertiary/aromatic N) is 2. The Labute approximate surface area is 163 Å². The maximum atomic E-state index is 4.76. The van der Waals surface area contributed by atoms with E-state index in [1.165, 1.54) is 32.9 Å². The second kappa shape index (κ2) is 7.54. The summed E-state index contributed by atoms with van der Waals surface area (Å²) in [5, 5.41) is 0. The second-order valence-electron chi connectivity index (χ2n) is 6.11. The number of halogens is 1. The Morgan fingerprint density at radius 2 is 1.88 bits per heavy atom. The van der Waals surface area contributed by atoms with Gasteiger partial charge in [-0.2, -0.15) is 0 Å². The number of fused-ring (bicyclic) bond motifs is 3. The quantitative estimate of drug-likeness (QED) is 0.520. The topological polar surface area (TPSA) is 17.3 Å². The van der Waals surface area contributed by atoms with Crippen LogP contribution in [0.4, 0.5) is 0 Å². The van der Waals surface area contributed by atoms with E-state index in [-0.39, 0.29) is 17.0 Å². The first kappa shape index (κ1) is 17.9. The molecule has 0 atom stereocenters. The molecule has 1 aliphatic carbocycles. The summed E-state index contributed by atoms with van der Waals surface area (Å²) < 4.78 is 2.32. The van der Waals surface area contributed by atoms with Crippen molar-refractivity contribution in [2.45, 2.75) is 19.8 Å². The number of thiazole rings is 1. The molecule has 1 aromatic heterocycles. The molecule has 128 valence electrons. The van der Waals surface area contributed by atoms with Crippen LogP contribution in [0, 0.1) is 6.92 Å². The molecule has 0 spiro atoms. The summed E-state index contributed by atoms with van der Waals surface area (Å²) in [6.45, 7) is 6.58. The number of aromatic nitrogens is 1. The lowest BCUT2D eigenvalue weighted by Gasteiger charge is -2.19. The zero-order valence-electron chi connectivity index (χ0n) is 14.2. The van der Waals surface area contributed by atoms with E-state index >= 15 is 0 Å². The number of rotatable bonds is 3. The van der Waals surface area contributed by atoms with Crippen molar-refractivity contribution in [2.75, 3.05) is 6.54 Å². The molecule has 1 heterocycles. The number of hydrogen-bond acceptors (Lipinski definition) is 2. The molecule has 4 heteroatoms. The van der Waals surface area contributed by atoms with Gasteiger partial charge in [0.05, 0.1) is 12.2 Å². The maximum absolute atomic E-state index is 4.76. The molecular formula is C21H21BrN2S. The summed E-state index contributed by atoms with van der Waals surface area (Å²) in [7, 11) is 0. The highest BCUT2D eigenvalue weighted by atomic mass is 79.9. The second-order valence-corrected chi connectivity index (χ2v) is 7.18. The molecule has 0 amide bonds. The van der Waals surface area contributed by atoms with Crippen molar-refractivity contribution in [1.82, 2.24) is 4.57 Å². The molecule has 0 saturated heterocycles. The van der Waals surface area contributed by atoms with Gasteiger partial charge in [-0.25, -0.2) is 0 Å². The third kappa shape index (κ3) is 3.29. The summed E-state index contributed by atoms with van der Waals surface area (Å²) in [6.07, 6.45) is 4.05. The van der Waals surface area contributed by atoms with Gasteiger partial charge < -0.3 is 0 Å². The standard InChI is InChI=1S/C21H20N2S.BrH/c1-3-14-22-21-23(17-11-8-15(2)9-12-17)20-18-7-5-4-6-16(18)10-13-19(20)24-21;/h3-9,11-12H,1,10,13-14H2,2H3;1H. The fourth-order valence-corrected chi connectivity index (χ4v) is 4.41. The van der Waals surface area contributed by atoms with Crippen LogP contribution in [0.1, 0.15) is 16.0 Å². The molecule has 2 aromatic carbocycles. The molecule has 0 saturated carbocycles. The lowest BCUT2D eigenvalue weighted by atomic mass is 9.93. The molecule has 4 rings (SSSR count). The van der Waals surface area contributed by atoms with E-state index in [1.807, 2.05) is 17.4 Å². The molecular weight excluding hydrogens is 392 g/mol. The highest BCUT2D eigenvalue weighted by molar-refractivity contribution is 8.93.